The Hall–Kier alpha value is -3.08. The zero-order valence-corrected chi connectivity index (χ0v) is 19.1. The van der Waals surface area contributed by atoms with Gasteiger partial charge in [0.2, 0.25) is 10.0 Å². The molecule has 3 unspecified atom stereocenters. The second kappa shape index (κ2) is 10.0. The monoisotopic (exact) mass is 482 g/mol. The number of carboxylic acid groups (broad SMARTS) is 1. The maximum absolute atomic E-state index is 12.7. The molecule has 0 radical (unpaired) electrons. The first-order chi connectivity index (χ1) is 16.2. The minimum Gasteiger partial charge on any atom is -0.480 e. The SMILES string of the molecule is O=C(O)C(CCN1C(O)c2ccccc2C1O)NS(=O)(=O)Cc1ccc(-c2ccccc2)cc1. The zero-order valence-electron chi connectivity index (χ0n) is 18.3. The summed E-state index contributed by atoms with van der Waals surface area (Å²) in [5, 5.41) is 30.5. The molecule has 4 rings (SSSR count). The highest BCUT2D eigenvalue weighted by Crippen LogP contribution is 2.38. The summed E-state index contributed by atoms with van der Waals surface area (Å²) in [5.41, 5.74) is 3.57. The van der Waals surface area contributed by atoms with Crippen molar-refractivity contribution in [3.63, 3.8) is 0 Å². The lowest BCUT2D eigenvalue weighted by Crippen LogP contribution is -2.43. The van der Waals surface area contributed by atoms with E-state index in [1.54, 1.807) is 36.4 Å². The number of nitrogens with zero attached hydrogens (tertiary/aromatic N) is 1. The van der Waals surface area contributed by atoms with Gasteiger partial charge >= 0.3 is 5.97 Å². The van der Waals surface area contributed by atoms with Gasteiger partial charge in [-0.1, -0.05) is 78.9 Å². The summed E-state index contributed by atoms with van der Waals surface area (Å²) in [6.07, 6.45) is -2.33. The van der Waals surface area contributed by atoms with Crippen LogP contribution in [0.4, 0.5) is 0 Å². The molecule has 0 saturated carbocycles. The van der Waals surface area contributed by atoms with E-state index in [2.05, 4.69) is 4.72 Å². The number of carboxylic acids is 1. The molecule has 0 amide bonds. The van der Waals surface area contributed by atoms with Crippen molar-refractivity contribution in [2.24, 2.45) is 0 Å². The third-order valence-corrected chi connectivity index (χ3v) is 7.25. The van der Waals surface area contributed by atoms with Crippen LogP contribution in [0.25, 0.3) is 11.1 Å². The van der Waals surface area contributed by atoms with Crippen LogP contribution in [-0.2, 0) is 20.6 Å². The van der Waals surface area contributed by atoms with Gasteiger partial charge in [0.05, 0.1) is 5.75 Å². The Morgan fingerprint density at radius 2 is 1.38 bits per heavy atom. The van der Waals surface area contributed by atoms with Gasteiger partial charge < -0.3 is 15.3 Å². The lowest BCUT2D eigenvalue weighted by Gasteiger charge is -2.25. The number of sulfonamides is 1. The number of nitrogens with one attached hydrogen (secondary N) is 1. The average Bonchev–Trinajstić information content (AvgIpc) is 3.07. The summed E-state index contributed by atoms with van der Waals surface area (Å²) in [5.74, 6) is -1.70. The molecule has 9 heteroatoms. The molecule has 1 heterocycles. The Morgan fingerprint density at radius 3 is 1.94 bits per heavy atom. The number of carbonyl (C=O) groups is 1. The van der Waals surface area contributed by atoms with Gasteiger partial charge in [-0.25, -0.2) is 18.0 Å². The first-order valence-electron chi connectivity index (χ1n) is 10.8. The molecule has 3 atom stereocenters. The molecule has 0 aliphatic carbocycles. The largest absolute Gasteiger partial charge is 0.480 e. The molecule has 34 heavy (non-hydrogen) atoms. The Kier molecular flexibility index (Phi) is 7.11. The van der Waals surface area contributed by atoms with Gasteiger partial charge in [-0.15, -0.1) is 0 Å². The average molecular weight is 483 g/mol. The fourth-order valence-corrected chi connectivity index (χ4v) is 5.50. The Labute approximate surface area is 198 Å². The van der Waals surface area contributed by atoms with Crippen molar-refractivity contribution in [2.45, 2.75) is 30.7 Å². The zero-order chi connectivity index (χ0) is 24.3. The van der Waals surface area contributed by atoms with Crippen molar-refractivity contribution in [1.29, 1.82) is 0 Å². The van der Waals surface area contributed by atoms with Crippen LogP contribution in [0.15, 0.2) is 78.9 Å². The molecule has 1 aliphatic heterocycles. The first-order valence-corrected chi connectivity index (χ1v) is 12.5. The fraction of sp³-hybridized carbons (Fsp3) is 0.240. The molecular formula is C25H26N2O6S. The van der Waals surface area contributed by atoms with Crippen molar-refractivity contribution >= 4 is 16.0 Å². The molecule has 0 fully saturated rings. The number of benzene rings is 3. The van der Waals surface area contributed by atoms with Gasteiger partial charge in [0.1, 0.15) is 18.5 Å². The molecular weight excluding hydrogens is 456 g/mol. The smallest absolute Gasteiger partial charge is 0.321 e. The van der Waals surface area contributed by atoms with Gasteiger partial charge in [-0.3, -0.25) is 4.79 Å². The number of hydrogen-bond acceptors (Lipinski definition) is 6. The van der Waals surface area contributed by atoms with Gasteiger partial charge in [-0.05, 0) is 23.1 Å². The number of aliphatic carboxylic acids is 1. The number of aliphatic hydroxyl groups excluding tert-OH is 2. The Bertz CT molecular complexity index is 1220. The third-order valence-electron chi connectivity index (χ3n) is 5.89. The predicted molar refractivity (Wildman–Crippen MR) is 127 cm³/mol. The normalized spacial score (nSPS) is 19.0. The van der Waals surface area contributed by atoms with E-state index in [0.717, 1.165) is 11.1 Å². The second-order valence-corrected chi connectivity index (χ2v) is 9.99. The lowest BCUT2D eigenvalue weighted by atomic mass is 10.0. The fourth-order valence-electron chi connectivity index (χ4n) is 4.13. The topological polar surface area (TPSA) is 127 Å². The van der Waals surface area contributed by atoms with Crippen molar-refractivity contribution in [3.8, 4) is 11.1 Å². The molecule has 0 spiro atoms. The highest BCUT2D eigenvalue weighted by atomic mass is 32.2. The van der Waals surface area contributed by atoms with E-state index in [1.165, 1.54) is 4.90 Å². The van der Waals surface area contributed by atoms with Gasteiger partial charge in [0, 0.05) is 17.7 Å². The molecule has 8 nitrogen and oxygen atoms in total. The Morgan fingerprint density at radius 1 is 0.853 bits per heavy atom. The van der Waals surface area contributed by atoms with Crippen LogP contribution in [0.2, 0.25) is 0 Å². The maximum Gasteiger partial charge on any atom is 0.321 e. The maximum atomic E-state index is 12.7. The van der Waals surface area contributed by atoms with E-state index in [9.17, 15) is 28.5 Å². The standard InChI is InChI=1S/C25H26N2O6S/c28-23-20-8-4-5-9-21(20)24(29)27(23)15-14-22(25(30)31)26-34(32,33)16-17-10-12-19(13-11-17)18-6-2-1-3-7-18/h1-13,22-24,26,28-29H,14-16H2,(H,30,31). The quantitative estimate of drug-likeness (QED) is 0.369. The second-order valence-electron chi connectivity index (χ2n) is 8.23. The van der Waals surface area contributed by atoms with E-state index in [1.807, 2.05) is 42.5 Å². The van der Waals surface area contributed by atoms with Crippen molar-refractivity contribution in [1.82, 2.24) is 9.62 Å². The summed E-state index contributed by atoms with van der Waals surface area (Å²) in [7, 11) is -3.96. The van der Waals surface area contributed by atoms with Crippen molar-refractivity contribution in [3.05, 3.63) is 95.6 Å². The first kappa shape index (κ1) is 24.1. The number of rotatable bonds is 9. The minimum absolute atomic E-state index is 0.0255. The molecule has 3 aromatic rings. The highest BCUT2D eigenvalue weighted by molar-refractivity contribution is 7.88. The summed E-state index contributed by atoms with van der Waals surface area (Å²) >= 11 is 0. The van der Waals surface area contributed by atoms with E-state index in [0.29, 0.717) is 16.7 Å². The third kappa shape index (κ3) is 5.35. The summed E-state index contributed by atoms with van der Waals surface area (Å²) in [6.45, 7) is -0.0255. The Balaban J connectivity index is 1.39. The molecule has 178 valence electrons. The highest BCUT2D eigenvalue weighted by Gasteiger charge is 2.36. The number of aliphatic hydroxyl groups is 2. The molecule has 0 bridgehead atoms. The predicted octanol–water partition coefficient (Wildman–Crippen LogP) is 2.61. The minimum atomic E-state index is -3.96. The lowest BCUT2D eigenvalue weighted by molar-refractivity contribution is -0.140. The van der Waals surface area contributed by atoms with Crippen molar-refractivity contribution < 1.29 is 28.5 Å². The van der Waals surface area contributed by atoms with Crippen molar-refractivity contribution in [2.75, 3.05) is 6.54 Å². The van der Waals surface area contributed by atoms with Crippen LogP contribution in [0, 0.1) is 0 Å². The molecule has 4 N–H and O–H groups in total. The molecule has 1 aliphatic rings. The summed E-state index contributed by atoms with van der Waals surface area (Å²) in [4.78, 5) is 13.1. The van der Waals surface area contributed by atoms with Crippen LogP contribution >= 0.6 is 0 Å². The van der Waals surface area contributed by atoms with Gasteiger partial charge in [0.25, 0.3) is 0 Å². The number of fused-ring (bicyclic) bond motifs is 1. The van der Waals surface area contributed by atoms with Crippen LogP contribution in [0.1, 0.15) is 35.6 Å². The van der Waals surface area contributed by atoms with Crippen LogP contribution < -0.4 is 4.72 Å². The van der Waals surface area contributed by atoms with E-state index in [4.69, 9.17) is 0 Å². The molecule has 3 aromatic carbocycles. The van der Waals surface area contributed by atoms with E-state index >= 15 is 0 Å². The van der Waals surface area contributed by atoms with E-state index < -0.39 is 34.5 Å². The number of hydrogen-bond donors (Lipinski definition) is 4. The summed E-state index contributed by atoms with van der Waals surface area (Å²) in [6, 6.07) is 22.1. The van der Waals surface area contributed by atoms with Gasteiger partial charge in [0.15, 0.2) is 0 Å². The molecule has 0 aromatic heterocycles. The van der Waals surface area contributed by atoms with Crippen LogP contribution in [0.5, 0.6) is 0 Å². The van der Waals surface area contributed by atoms with Crippen LogP contribution in [0.3, 0.4) is 0 Å². The summed E-state index contributed by atoms with van der Waals surface area (Å²) < 4.78 is 27.6. The van der Waals surface area contributed by atoms with Gasteiger partial charge in [-0.2, -0.15) is 0 Å². The molecule has 0 saturated heterocycles. The van der Waals surface area contributed by atoms with E-state index in [-0.39, 0.29) is 18.7 Å². The van der Waals surface area contributed by atoms with Crippen LogP contribution in [-0.4, -0.2) is 47.2 Å².